The molecule has 1 atom stereocenters. The summed E-state index contributed by atoms with van der Waals surface area (Å²) < 4.78 is 15.9. The van der Waals surface area contributed by atoms with E-state index >= 15 is 0 Å². The van der Waals surface area contributed by atoms with Gasteiger partial charge < -0.3 is 19.9 Å². The number of hydrogen-bond acceptors (Lipinski definition) is 5. The van der Waals surface area contributed by atoms with Crippen LogP contribution in [0.5, 0.6) is 11.5 Å². The normalized spacial score (nSPS) is 13.3. The summed E-state index contributed by atoms with van der Waals surface area (Å²) in [7, 11) is 1.62. The van der Waals surface area contributed by atoms with E-state index in [-0.39, 0.29) is 12.5 Å². The lowest BCUT2D eigenvalue weighted by molar-refractivity contribution is -0.156. The highest BCUT2D eigenvalue weighted by Crippen LogP contribution is 2.28. The van der Waals surface area contributed by atoms with Crippen molar-refractivity contribution in [1.82, 2.24) is 0 Å². The summed E-state index contributed by atoms with van der Waals surface area (Å²) in [5.41, 5.74) is 5.13. The number of carbonyl (C=O) groups is 1. The second-order valence-electron chi connectivity index (χ2n) is 4.83. The van der Waals surface area contributed by atoms with Crippen LogP contribution in [0.3, 0.4) is 0 Å². The second-order valence-corrected chi connectivity index (χ2v) is 4.83. The first-order valence-electron chi connectivity index (χ1n) is 7.26. The number of esters is 1. The van der Waals surface area contributed by atoms with Gasteiger partial charge in [0.2, 0.25) is 0 Å². The molecule has 0 radical (unpaired) electrons. The molecule has 1 aromatic rings. The smallest absolute Gasteiger partial charge is 0.313 e. The Morgan fingerprint density at radius 1 is 1.19 bits per heavy atom. The van der Waals surface area contributed by atoms with Crippen LogP contribution in [0.15, 0.2) is 24.3 Å². The zero-order valence-electron chi connectivity index (χ0n) is 13.1. The van der Waals surface area contributed by atoms with Gasteiger partial charge in [-0.15, -0.1) is 0 Å². The van der Waals surface area contributed by atoms with Crippen LogP contribution in [0.25, 0.3) is 0 Å². The Bertz CT molecular complexity index is 426. The predicted molar refractivity (Wildman–Crippen MR) is 81.5 cm³/mol. The van der Waals surface area contributed by atoms with Gasteiger partial charge in [-0.2, -0.15) is 0 Å². The van der Waals surface area contributed by atoms with Crippen LogP contribution >= 0.6 is 0 Å². The lowest BCUT2D eigenvalue weighted by Gasteiger charge is -2.28. The van der Waals surface area contributed by atoms with Gasteiger partial charge >= 0.3 is 5.97 Å². The molecule has 0 spiro atoms. The van der Waals surface area contributed by atoms with Crippen LogP contribution in [-0.2, 0) is 9.53 Å². The zero-order valence-corrected chi connectivity index (χ0v) is 13.1. The Hall–Kier alpha value is -1.75. The Morgan fingerprint density at radius 3 is 2.29 bits per heavy atom. The fourth-order valence-electron chi connectivity index (χ4n) is 2.07. The minimum Gasteiger partial charge on any atom is -0.497 e. The minimum absolute atomic E-state index is 0.242. The molecular weight excluding hydrogens is 270 g/mol. The van der Waals surface area contributed by atoms with Crippen molar-refractivity contribution in [2.75, 3.05) is 26.9 Å². The van der Waals surface area contributed by atoms with Gasteiger partial charge in [-0.1, -0.05) is 6.92 Å². The summed E-state index contributed by atoms with van der Waals surface area (Å²) in [5, 5.41) is 0. The molecule has 0 aromatic heterocycles. The maximum Gasteiger partial charge on any atom is 0.313 e. The number of rotatable bonds is 9. The maximum atomic E-state index is 12.1. The number of methoxy groups -OCH3 is 1. The first kappa shape index (κ1) is 17.3. The fraction of sp³-hybridized carbons (Fsp3) is 0.562. The van der Waals surface area contributed by atoms with Gasteiger partial charge in [0, 0.05) is 6.54 Å². The van der Waals surface area contributed by atoms with Crippen molar-refractivity contribution in [1.29, 1.82) is 0 Å². The molecule has 0 heterocycles. The summed E-state index contributed by atoms with van der Waals surface area (Å²) in [6.07, 6.45) is 1.17. The van der Waals surface area contributed by atoms with E-state index in [1.54, 1.807) is 14.0 Å². The molecule has 0 aliphatic carbocycles. The molecule has 5 nitrogen and oxygen atoms in total. The summed E-state index contributed by atoms with van der Waals surface area (Å²) in [4.78, 5) is 12.1. The average molecular weight is 295 g/mol. The van der Waals surface area contributed by atoms with Crippen molar-refractivity contribution >= 4 is 5.97 Å². The molecule has 0 fully saturated rings. The third-order valence-electron chi connectivity index (χ3n) is 3.68. The van der Waals surface area contributed by atoms with E-state index in [9.17, 15) is 4.79 Å². The van der Waals surface area contributed by atoms with Gasteiger partial charge in [-0.25, -0.2) is 0 Å². The molecule has 21 heavy (non-hydrogen) atoms. The standard InChI is InChI=1S/C16H25NO4/c1-4-16(12-17,15(18)20-5-2)10-11-21-14-8-6-13(19-3)7-9-14/h6-9H,4-5,10-12,17H2,1-3H3. The molecule has 0 saturated carbocycles. The molecule has 1 unspecified atom stereocenters. The number of nitrogens with two attached hydrogens (primary N) is 1. The van der Waals surface area contributed by atoms with Crippen LogP contribution in [0.2, 0.25) is 0 Å². The van der Waals surface area contributed by atoms with Crippen LogP contribution in [-0.4, -0.2) is 32.8 Å². The van der Waals surface area contributed by atoms with Crippen LogP contribution in [0.4, 0.5) is 0 Å². The molecule has 2 N–H and O–H groups in total. The van der Waals surface area contributed by atoms with E-state index in [1.807, 2.05) is 31.2 Å². The summed E-state index contributed by atoms with van der Waals surface area (Å²) in [6.45, 7) is 4.77. The predicted octanol–water partition coefficient (Wildman–Crippen LogP) is 2.38. The SMILES string of the molecule is CCOC(=O)C(CC)(CN)CCOc1ccc(OC)cc1. The zero-order chi connectivity index (χ0) is 15.7. The Kier molecular flexibility index (Phi) is 7.02. The van der Waals surface area contributed by atoms with Crippen molar-refractivity contribution in [3.63, 3.8) is 0 Å². The molecule has 0 aliphatic heterocycles. The molecule has 5 heteroatoms. The van der Waals surface area contributed by atoms with E-state index in [0.717, 1.165) is 11.5 Å². The molecule has 0 bridgehead atoms. The Morgan fingerprint density at radius 2 is 1.81 bits per heavy atom. The summed E-state index contributed by atoms with van der Waals surface area (Å²) in [5.74, 6) is 1.27. The van der Waals surface area contributed by atoms with Crippen molar-refractivity contribution in [2.45, 2.75) is 26.7 Å². The molecular formula is C16H25NO4. The lowest BCUT2D eigenvalue weighted by atomic mass is 9.82. The number of carbonyl (C=O) groups excluding carboxylic acids is 1. The van der Waals surface area contributed by atoms with Crippen molar-refractivity contribution in [2.24, 2.45) is 11.1 Å². The van der Waals surface area contributed by atoms with Gasteiger partial charge in [-0.05, 0) is 44.0 Å². The highest BCUT2D eigenvalue weighted by Gasteiger charge is 2.36. The quantitative estimate of drug-likeness (QED) is 0.708. The fourth-order valence-corrected chi connectivity index (χ4v) is 2.07. The molecule has 0 saturated heterocycles. The third-order valence-corrected chi connectivity index (χ3v) is 3.68. The first-order valence-corrected chi connectivity index (χ1v) is 7.26. The van der Waals surface area contributed by atoms with Crippen molar-refractivity contribution < 1.29 is 19.0 Å². The van der Waals surface area contributed by atoms with Crippen LogP contribution in [0, 0.1) is 5.41 Å². The molecule has 1 rings (SSSR count). The third kappa shape index (κ3) is 4.63. The molecule has 0 aliphatic rings. The van der Waals surface area contributed by atoms with E-state index < -0.39 is 5.41 Å². The molecule has 1 aromatic carbocycles. The summed E-state index contributed by atoms with van der Waals surface area (Å²) >= 11 is 0. The van der Waals surface area contributed by atoms with Crippen LogP contribution in [0.1, 0.15) is 26.7 Å². The van der Waals surface area contributed by atoms with E-state index in [2.05, 4.69) is 0 Å². The van der Waals surface area contributed by atoms with Crippen LogP contribution < -0.4 is 15.2 Å². The van der Waals surface area contributed by atoms with Crippen molar-refractivity contribution in [3.05, 3.63) is 24.3 Å². The van der Waals surface area contributed by atoms with Gasteiger partial charge in [-0.3, -0.25) is 4.79 Å². The number of ether oxygens (including phenoxy) is 3. The second kappa shape index (κ2) is 8.52. The monoisotopic (exact) mass is 295 g/mol. The Labute approximate surface area is 126 Å². The average Bonchev–Trinajstić information content (AvgIpc) is 2.52. The number of hydrogen-bond donors (Lipinski definition) is 1. The van der Waals surface area contributed by atoms with Gasteiger partial charge in [0.05, 0.1) is 25.7 Å². The molecule has 0 amide bonds. The summed E-state index contributed by atoms with van der Waals surface area (Å²) in [6, 6.07) is 7.33. The van der Waals surface area contributed by atoms with Gasteiger partial charge in [0.15, 0.2) is 0 Å². The first-order chi connectivity index (χ1) is 10.1. The van der Waals surface area contributed by atoms with Gasteiger partial charge in [0.25, 0.3) is 0 Å². The largest absolute Gasteiger partial charge is 0.497 e. The highest BCUT2D eigenvalue weighted by molar-refractivity contribution is 5.77. The minimum atomic E-state index is -0.664. The highest BCUT2D eigenvalue weighted by atomic mass is 16.5. The van der Waals surface area contributed by atoms with Crippen molar-refractivity contribution in [3.8, 4) is 11.5 Å². The Balaban J connectivity index is 2.58. The maximum absolute atomic E-state index is 12.1. The topological polar surface area (TPSA) is 70.8 Å². The molecule has 118 valence electrons. The van der Waals surface area contributed by atoms with E-state index in [0.29, 0.717) is 26.1 Å². The van der Waals surface area contributed by atoms with E-state index in [1.165, 1.54) is 0 Å². The number of benzene rings is 1. The van der Waals surface area contributed by atoms with E-state index in [4.69, 9.17) is 19.9 Å². The van der Waals surface area contributed by atoms with Gasteiger partial charge in [0.1, 0.15) is 11.5 Å². The lowest BCUT2D eigenvalue weighted by Crippen LogP contribution is -2.40.